The second-order valence-electron chi connectivity index (χ2n) is 12.1. The molecule has 6 rings (SSSR count). The van der Waals surface area contributed by atoms with Crippen LogP contribution in [0.5, 0.6) is 0 Å². The van der Waals surface area contributed by atoms with E-state index in [2.05, 4.69) is 22.3 Å². The summed E-state index contributed by atoms with van der Waals surface area (Å²) < 4.78 is 38.0. The van der Waals surface area contributed by atoms with Crippen molar-refractivity contribution in [3.05, 3.63) is 101 Å². The minimum atomic E-state index is -3.34. The summed E-state index contributed by atoms with van der Waals surface area (Å²) >= 11 is 0. The average Bonchev–Trinajstić information content (AvgIpc) is 3.53. The third-order valence-electron chi connectivity index (χ3n) is 9.20. The largest absolute Gasteiger partial charge is 0.338 e. The van der Waals surface area contributed by atoms with Gasteiger partial charge < -0.3 is 15.1 Å². The summed E-state index contributed by atoms with van der Waals surface area (Å²) in [5.41, 5.74) is 0.902. The number of imide groups is 1. The molecular formula is C33H35FN4O5S. The SMILES string of the molecule is CS(=O)(=O)c1ccc(CN2C(=O)NC3(CCN(C[C@H]4CN(C(=O)c5ccccc5F)C[C@@H]4c4ccccc4)CC3)C2=O)cc1. The first-order valence-corrected chi connectivity index (χ1v) is 16.7. The van der Waals surface area contributed by atoms with Crippen molar-refractivity contribution >= 4 is 27.7 Å². The fourth-order valence-corrected chi connectivity index (χ4v) is 7.37. The monoisotopic (exact) mass is 618 g/mol. The van der Waals surface area contributed by atoms with E-state index >= 15 is 0 Å². The Kier molecular flexibility index (Phi) is 8.02. The van der Waals surface area contributed by atoms with Gasteiger partial charge in [0.25, 0.3) is 11.8 Å². The molecule has 0 unspecified atom stereocenters. The second kappa shape index (κ2) is 11.8. The Morgan fingerprint density at radius 2 is 1.59 bits per heavy atom. The van der Waals surface area contributed by atoms with Crippen molar-refractivity contribution in [1.82, 2.24) is 20.0 Å². The first kappa shape index (κ1) is 30.0. The molecule has 2 atom stereocenters. The Bertz CT molecular complexity index is 1670. The minimum absolute atomic E-state index is 0.0624. The third-order valence-corrected chi connectivity index (χ3v) is 10.3. The number of hydrogen-bond donors (Lipinski definition) is 1. The molecule has 1 spiro atoms. The fourth-order valence-electron chi connectivity index (χ4n) is 6.74. The Labute approximate surface area is 256 Å². The summed E-state index contributed by atoms with van der Waals surface area (Å²) in [6.45, 7) is 2.96. The van der Waals surface area contributed by atoms with Crippen LogP contribution < -0.4 is 5.32 Å². The van der Waals surface area contributed by atoms with Crippen LogP contribution in [0.2, 0.25) is 0 Å². The lowest BCUT2D eigenvalue weighted by Crippen LogP contribution is -2.55. The number of nitrogens with zero attached hydrogens (tertiary/aromatic N) is 3. The lowest BCUT2D eigenvalue weighted by molar-refractivity contribution is -0.133. The predicted molar refractivity (Wildman–Crippen MR) is 162 cm³/mol. The average molecular weight is 619 g/mol. The first-order valence-electron chi connectivity index (χ1n) is 14.8. The quantitative estimate of drug-likeness (QED) is 0.405. The zero-order chi connectivity index (χ0) is 31.1. The number of piperidine rings is 1. The lowest BCUT2D eigenvalue weighted by Gasteiger charge is -2.38. The van der Waals surface area contributed by atoms with Crippen molar-refractivity contribution in [3.8, 4) is 0 Å². The van der Waals surface area contributed by atoms with Gasteiger partial charge in [-0.25, -0.2) is 17.6 Å². The molecule has 9 nitrogen and oxygen atoms in total. The summed E-state index contributed by atoms with van der Waals surface area (Å²) in [6, 6.07) is 21.9. The Balaban J connectivity index is 1.11. The van der Waals surface area contributed by atoms with E-state index in [1.807, 2.05) is 18.2 Å². The highest BCUT2D eigenvalue weighted by Gasteiger charge is 2.52. The van der Waals surface area contributed by atoms with Gasteiger partial charge in [0.15, 0.2) is 9.84 Å². The van der Waals surface area contributed by atoms with Gasteiger partial charge in [-0.15, -0.1) is 0 Å². The van der Waals surface area contributed by atoms with E-state index in [0.717, 1.165) is 11.8 Å². The van der Waals surface area contributed by atoms with E-state index in [1.165, 1.54) is 29.2 Å². The van der Waals surface area contributed by atoms with Crippen LogP contribution >= 0.6 is 0 Å². The number of nitrogens with one attached hydrogen (secondary N) is 1. The second-order valence-corrected chi connectivity index (χ2v) is 14.1. The number of sulfone groups is 1. The number of benzene rings is 3. The number of carbonyl (C=O) groups excluding carboxylic acids is 3. The van der Waals surface area contributed by atoms with Gasteiger partial charge in [0, 0.05) is 44.9 Å². The Hall–Kier alpha value is -4.09. The molecule has 0 radical (unpaired) electrons. The van der Waals surface area contributed by atoms with Gasteiger partial charge in [-0.05, 0) is 54.2 Å². The molecule has 3 aromatic rings. The van der Waals surface area contributed by atoms with Gasteiger partial charge in [0.05, 0.1) is 17.0 Å². The van der Waals surface area contributed by atoms with Gasteiger partial charge in [-0.2, -0.15) is 0 Å². The number of rotatable bonds is 7. The van der Waals surface area contributed by atoms with Crippen LogP contribution in [-0.2, 0) is 21.2 Å². The summed E-state index contributed by atoms with van der Waals surface area (Å²) in [5, 5.41) is 2.95. The molecule has 230 valence electrons. The van der Waals surface area contributed by atoms with Gasteiger partial charge >= 0.3 is 6.03 Å². The van der Waals surface area contributed by atoms with Crippen LogP contribution in [0.4, 0.5) is 9.18 Å². The number of halogens is 1. The van der Waals surface area contributed by atoms with Gasteiger partial charge in [0.2, 0.25) is 0 Å². The number of likely N-dealkylation sites (tertiary alicyclic amines) is 2. The number of hydrogen-bond acceptors (Lipinski definition) is 6. The van der Waals surface area contributed by atoms with Crippen molar-refractivity contribution in [1.29, 1.82) is 0 Å². The van der Waals surface area contributed by atoms with Crippen molar-refractivity contribution in [2.45, 2.75) is 35.7 Å². The number of carbonyl (C=O) groups is 3. The summed E-state index contributed by atoms with van der Waals surface area (Å²) in [6.07, 6.45) is 2.05. The van der Waals surface area contributed by atoms with Crippen molar-refractivity contribution < 1.29 is 27.2 Å². The fraction of sp³-hybridized carbons (Fsp3) is 0.364. The molecule has 3 saturated heterocycles. The molecule has 3 aromatic carbocycles. The molecule has 3 aliphatic heterocycles. The standard InChI is InChI=1S/C33H35FN4O5S/c1-44(42,43)26-13-11-23(12-14-26)19-38-31(40)33(35-32(38)41)15-17-36(18-16-33)20-25-21-37(22-28(25)24-7-3-2-4-8-24)30(39)27-9-5-6-10-29(27)34/h2-14,25,28H,15-22H2,1H3,(H,35,41)/t25-,28+/m0/s1. The van der Waals surface area contributed by atoms with Gasteiger partial charge in [0.1, 0.15) is 11.4 Å². The maximum absolute atomic E-state index is 14.5. The summed E-state index contributed by atoms with van der Waals surface area (Å²) in [7, 11) is -3.34. The van der Waals surface area contributed by atoms with E-state index in [0.29, 0.717) is 51.1 Å². The minimum Gasteiger partial charge on any atom is -0.338 e. The Morgan fingerprint density at radius 3 is 2.25 bits per heavy atom. The number of amides is 4. The molecule has 3 aliphatic rings. The molecule has 0 aliphatic carbocycles. The predicted octanol–water partition coefficient (Wildman–Crippen LogP) is 3.67. The molecular weight excluding hydrogens is 583 g/mol. The van der Waals surface area contributed by atoms with Crippen LogP contribution in [0.3, 0.4) is 0 Å². The van der Waals surface area contributed by atoms with Crippen molar-refractivity contribution in [2.75, 3.05) is 39.0 Å². The lowest BCUT2D eigenvalue weighted by atomic mass is 9.85. The highest BCUT2D eigenvalue weighted by Crippen LogP contribution is 2.36. The van der Waals surface area contributed by atoms with Gasteiger partial charge in [-0.3, -0.25) is 14.5 Å². The molecule has 0 saturated carbocycles. The summed E-state index contributed by atoms with van der Waals surface area (Å²) in [4.78, 5) is 45.2. The van der Waals surface area contributed by atoms with Crippen LogP contribution in [0.15, 0.2) is 83.8 Å². The molecule has 1 N–H and O–H groups in total. The first-order chi connectivity index (χ1) is 21.0. The number of urea groups is 1. The van der Waals surface area contributed by atoms with Gasteiger partial charge in [-0.1, -0.05) is 54.6 Å². The van der Waals surface area contributed by atoms with E-state index in [4.69, 9.17) is 0 Å². The maximum Gasteiger partial charge on any atom is 0.325 e. The van der Waals surface area contributed by atoms with Crippen LogP contribution in [-0.4, -0.2) is 85.5 Å². The molecule has 0 bridgehead atoms. The normalized spacial score (nSPS) is 22.0. The highest BCUT2D eigenvalue weighted by atomic mass is 32.2. The van der Waals surface area contributed by atoms with Crippen LogP contribution in [0.1, 0.15) is 40.2 Å². The van der Waals surface area contributed by atoms with E-state index in [1.54, 1.807) is 29.2 Å². The van der Waals surface area contributed by atoms with Crippen LogP contribution in [0.25, 0.3) is 0 Å². The van der Waals surface area contributed by atoms with E-state index < -0.39 is 27.2 Å². The van der Waals surface area contributed by atoms with Crippen LogP contribution in [0, 0.1) is 11.7 Å². The van der Waals surface area contributed by atoms with Crippen molar-refractivity contribution in [2.24, 2.45) is 5.92 Å². The van der Waals surface area contributed by atoms with Crippen molar-refractivity contribution in [3.63, 3.8) is 0 Å². The third kappa shape index (κ3) is 5.86. The smallest absolute Gasteiger partial charge is 0.325 e. The maximum atomic E-state index is 14.5. The molecule has 11 heteroatoms. The zero-order valence-corrected chi connectivity index (χ0v) is 25.3. The van der Waals surface area contributed by atoms with E-state index in [-0.39, 0.29) is 40.7 Å². The summed E-state index contributed by atoms with van der Waals surface area (Å²) in [5.74, 6) is -0.905. The molecule has 3 fully saturated rings. The highest BCUT2D eigenvalue weighted by molar-refractivity contribution is 7.90. The zero-order valence-electron chi connectivity index (χ0n) is 24.5. The molecule has 4 amide bonds. The van der Waals surface area contributed by atoms with E-state index in [9.17, 15) is 27.2 Å². The molecule has 44 heavy (non-hydrogen) atoms. The topological polar surface area (TPSA) is 107 Å². The Morgan fingerprint density at radius 1 is 0.932 bits per heavy atom. The molecule has 3 heterocycles. The molecule has 0 aromatic heterocycles.